The van der Waals surface area contributed by atoms with Gasteiger partial charge in [-0.25, -0.2) is 4.68 Å². The van der Waals surface area contributed by atoms with Crippen molar-refractivity contribution in [3.05, 3.63) is 18.0 Å². The van der Waals surface area contributed by atoms with Gasteiger partial charge in [0.15, 0.2) is 0 Å². The molecule has 2 rings (SSSR count). The zero-order chi connectivity index (χ0) is 7.68. The van der Waals surface area contributed by atoms with Crippen LogP contribution in [0.2, 0.25) is 0 Å². The Labute approximate surface area is 64.4 Å². The van der Waals surface area contributed by atoms with Crippen LogP contribution < -0.4 is 5.32 Å². The first-order valence-electron chi connectivity index (χ1n) is 3.56. The maximum absolute atomic E-state index is 8.64. The van der Waals surface area contributed by atoms with Crippen molar-refractivity contribution in [2.75, 3.05) is 13.1 Å². The number of nitriles is 1. The molecule has 1 aromatic heterocycles. The Bertz CT molecular complexity index is 292. The fourth-order valence-corrected chi connectivity index (χ4v) is 1.14. The Hall–Kier alpha value is -1.34. The average Bonchev–Trinajstić information content (AvgIpc) is 2.32. The summed E-state index contributed by atoms with van der Waals surface area (Å²) in [7, 11) is 0. The normalized spacial score (nSPS) is 17.4. The second-order valence-electron chi connectivity index (χ2n) is 2.58. The van der Waals surface area contributed by atoms with Crippen LogP contribution in [-0.4, -0.2) is 22.9 Å². The summed E-state index contributed by atoms with van der Waals surface area (Å²) in [5.74, 6) is 0. The van der Waals surface area contributed by atoms with Gasteiger partial charge in [-0.05, 0) is 6.07 Å². The Kier molecular flexibility index (Phi) is 1.37. The lowest BCUT2D eigenvalue weighted by Crippen LogP contribution is -2.44. The molecule has 1 saturated heterocycles. The Morgan fingerprint density at radius 2 is 2.55 bits per heavy atom. The van der Waals surface area contributed by atoms with Crippen LogP contribution >= 0.6 is 0 Å². The van der Waals surface area contributed by atoms with Crippen molar-refractivity contribution >= 4 is 0 Å². The number of nitrogens with one attached hydrogen (secondary N) is 1. The Morgan fingerprint density at radius 1 is 1.73 bits per heavy atom. The van der Waals surface area contributed by atoms with E-state index in [0.29, 0.717) is 11.7 Å². The molecule has 0 saturated carbocycles. The van der Waals surface area contributed by atoms with E-state index in [1.54, 1.807) is 16.9 Å². The molecule has 2 heterocycles. The summed E-state index contributed by atoms with van der Waals surface area (Å²) < 4.78 is 1.77. The van der Waals surface area contributed by atoms with Crippen LogP contribution in [0.4, 0.5) is 0 Å². The van der Waals surface area contributed by atoms with E-state index in [9.17, 15) is 0 Å². The van der Waals surface area contributed by atoms with Gasteiger partial charge in [-0.1, -0.05) is 0 Å². The van der Waals surface area contributed by atoms with Crippen molar-refractivity contribution in [3.63, 3.8) is 0 Å². The Balaban J connectivity index is 2.29. The highest BCUT2D eigenvalue weighted by atomic mass is 15.3. The second-order valence-corrected chi connectivity index (χ2v) is 2.58. The van der Waals surface area contributed by atoms with Gasteiger partial charge in [-0.2, -0.15) is 10.4 Å². The van der Waals surface area contributed by atoms with E-state index < -0.39 is 0 Å². The Morgan fingerprint density at radius 3 is 3.09 bits per heavy atom. The van der Waals surface area contributed by atoms with E-state index in [2.05, 4.69) is 16.5 Å². The van der Waals surface area contributed by atoms with Crippen LogP contribution in [0.25, 0.3) is 0 Å². The van der Waals surface area contributed by atoms with E-state index in [0.717, 1.165) is 13.1 Å². The highest BCUT2D eigenvalue weighted by Crippen LogP contribution is 2.12. The fourth-order valence-electron chi connectivity index (χ4n) is 1.14. The van der Waals surface area contributed by atoms with Crippen LogP contribution in [0.5, 0.6) is 0 Å². The minimum absolute atomic E-state index is 0.389. The first kappa shape index (κ1) is 6.38. The van der Waals surface area contributed by atoms with Gasteiger partial charge in [0.05, 0.1) is 12.2 Å². The molecule has 1 aliphatic rings. The molecule has 4 heteroatoms. The molecule has 0 unspecified atom stereocenters. The first-order chi connectivity index (χ1) is 5.42. The topological polar surface area (TPSA) is 53.6 Å². The molecule has 1 N–H and O–H groups in total. The molecular weight excluding hydrogens is 140 g/mol. The van der Waals surface area contributed by atoms with Crippen molar-refractivity contribution < 1.29 is 0 Å². The largest absolute Gasteiger partial charge is 0.312 e. The van der Waals surface area contributed by atoms with Gasteiger partial charge in [-0.15, -0.1) is 0 Å². The van der Waals surface area contributed by atoms with E-state index in [1.807, 2.05) is 0 Å². The van der Waals surface area contributed by atoms with Gasteiger partial charge in [0.2, 0.25) is 0 Å². The van der Waals surface area contributed by atoms with Gasteiger partial charge in [-0.3, -0.25) is 0 Å². The lowest BCUT2D eigenvalue weighted by molar-refractivity contribution is 0.316. The van der Waals surface area contributed by atoms with Crippen LogP contribution in [0.3, 0.4) is 0 Å². The number of hydrogen-bond acceptors (Lipinski definition) is 3. The third kappa shape index (κ3) is 0.900. The fraction of sp³-hybridized carbons (Fsp3) is 0.429. The third-order valence-electron chi connectivity index (χ3n) is 1.89. The molecule has 1 fully saturated rings. The van der Waals surface area contributed by atoms with Crippen molar-refractivity contribution in [2.24, 2.45) is 0 Å². The van der Waals surface area contributed by atoms with Crippen molar-refractivity contribution in [2.45, 2.75) is 6.04 Å². The van der Waals surface area contributed by atoms with Gasteiger partial charge in [0, 0.05) is 13.1 Å². The number of nitrogens with zero attached hydrogens (tertiary/aromatic N) is 3. The van der Waals surface area contributed by atoms with Crippen LogP contribution in [0.1, 0.15) is 11.7 Å². The lowest BCUT2D eigenvalue weighted by atomic mass is 10.2. The van der Waals surface area contributed by atoms with E-state index in [4.69, 9.17) is 5.26 Å². The first-order valence-corrected chi connectivity index (χ1v) is 3.56. The van der Waals surface area contributed by atoms with E-state index >= 15 is 0 Å². The molecule has 56 valence electrons. The molecule has 0 aliphatic carbocycles. The minimum atomic E-state index is 0.389. The summed E-state index contributed by atoms with van der Waals surface area (Å²) in [6, 6.07) is 4.22. The van der Waals surface area contributed by atoms with Crippen molar-refractivity contribution in [3.8, 4) is 6.07 Å². The summed E-state index contributed by atoms with van der Waals surface area (Å²) in [6.07, 6.45) is 1.66. The predicted octanol–water partition coefficient (Wildman–Crippen LogP) is -0.101. The highest BCUT2D eigenvalue weighted by Gasteiger charge is 2.20. The average molecular weight is 148 g/mol. The molecule has 4 nitrogen and oxygen atoms in total. The molecule has 0 bridgehead atoms. The summed E-state index contributed by atoms with van der Waals surface area (Å²) in [6.45, 7) is 1.85. The molecule has 0 radical (unpaired) electrons. The number of rotatable bonds is 1. The standard InChI is InChI=1S/C7H8N4/c8-3-6-1-2-10-11(6)7-4-9-5-7/h1-2,7,9H,4-5H2. The van der Waals surface area contributed by atoms with E-state index in [1.165, 1.54) is 0 Å². The molecule has 11 heavy (non-hydrogen) atoms. The zero-order valence-electron chi connectivity index (χ0n) is 5.99. The van der Waals surface area contributed by atoms with Gasteiger partial charge >= 0.3 is 0 Å². The summed E-state index contributed by atoms with van der Waals surface area (Å²) >= 11 is 0. The van der Waals surface area contributed by atoms with Gasteiger partial charge < -0.3 is 5.32 Å². The molecule has 0 aromatic carbocycles. The maximum Gasteiger partial charge on any atom is 0.138 e. The van der Waals surface area contributed by atoms with Crippen molar-refractivity contribution in [1.29, 1.82) is 5.26 Å². The second kappa shape index (κ2) is 2.36. The number of hydrogen-bond donors (Lipinski definition) is 1. The highest BCUT2D eigenvalue weighted by molar-refractivity contribution is 5.19. The molecule has 1 aromatic rings. The SMILES string of the molecule is N#Cc1ccnn1C1CNC1. The molecular formula is C7H8N4. The summed E-state index contributed by atoms with van der Waals surface area (Å²) in [4.78, 5) is 0. The zero-order valence-corrected chi connectivity index (χ0v) is 5.99. The van der Waals surface area contributed by atoms with Crippen LogP contribution in [0, 0.1) is 11.3 Å². The molecule has 0 amide bonds. The quantitative estimate of drug-likeness (QED) is 0.605. The smallest absolute Gasteiger partial charge is 0.138 e. The monoisotopic (exact) mass is 148 g/mol. The van der Waals surface area contributed by atoms with Crippen LogP contribution in [0.15, 0.2) is 12.3 Å². The minimum Gasteiger partial charge on any atom is -0.312 e. The molecule has 1 aliphatic heterocycles. The van der Waals surface area contributed by atoms with E-state index in [-0.39, 0.29) is 0 Å². The summed E-state index contributed by atoms with van der Waals surface area (Å²) in [5.41, 5.74) is 0.650. The molecule has 0 atom stereocenters. The predicted molar refractivity (Wildman–Crippen MR) is 38.8 cm³/mol. The lowest BCUT2D eigenvalue weighted by Gasteiger charge is -2.27. The molecule has 0 spiro atoms. The van der Waals surface area contributed by atoms with Crippen molar-refractivity contribution in [1.82, 2.24) is 15.1 Å². The maximum atomic E-state index is 8.64. The number of aromatic nitrogens is 2. The van der Waals surface area contributed by atoms with Gasteiger partial charge in [0.25, 0.3) is 0 Å². The third-order valence-corrected chi connectivity index (χ3v) is 1.89. The summed E-state index contributed by atoms with van der Waals surface area (Å²) in [5, 5.41) is 15.8. The van der Waals surface area contributed by atoms with Gasteiger partial charge in [0.1, 0.15) is 11.8 Å². The van der Waals surface area contributed by atoms with Crippen LogP contribution in [-0.2, 0) is 0 Å².